The maximum absolute atomic E-state index is 12.7. The fourth-order valence-electron chi connectivity index (χ4n) is 2.03. The zero-order valence-corrected chi connectivity index (χ0v) is 13.9. The first-order chi connectivity index (χ1) is 9.78. The van der Waals surface area contributed by atoms with Crippen molar-refractivity contribution in [2.75, 3.05) is 24.5 Å². The quantitative estimate of drug-likeness (QED) is 0.779. The van der Waals surface area contributed by atoms with Crippen molar-refractivity contribution >= 4 is 16.5 Å². The highest BCUT2D eigenvalue weighted by atomic mass is 32.1. The molecular formula is C14H24F3N3S. The van der Waals surface area contributed by atoms with Crippen molar-refractivity contribution < 1.29 is 13.2 Å². The number of nitrogens with zero attached hydrogens (tertiary/aromatic N) is 2. The van der Waals surface area contributed by atoms with Gasteiger partial charge in [-0.05, 0) is 18.9 Å². The molecule has 122 valence electrons. The average Bonchev–Trinajstić information content (AvgIpc) is 2.78. The Morgan fingerprint density at radius 2 is 1.95 bits per heavy atom. The lowest BCUT2D eigenvalue weighted by Gasteiger charge is -2.22. The van der Waals surface area contributed by atoms with E-state index >= 15 is 0 Å². The fourth-order valence-corrected chi connectivity index (χ4v) is 3.24. The van der Waals surface area contributed by atoms with E-state index in [9.17, 15) is 13.2 Å². The van der Waals surface area contributed by atoms with Crippen LogP contribution in [0.3, 0.4) is 0 Å². The largest absolute Gasteiger partial charge is 0.406 e. The molecule has 1 N–H and O–H groups in total. The van der Waals surface area contributed by atoms with E-state index < -0.39 is 12.7 Å². The molecule has 21 heavy (non-hydrogen) atoms. The summed E-state index contributed by atoms with van der Waals surface area (Å²) in [7, 11) is 0. The first-order valence-electron chi connectivity index (χ1n) is 7.30. The molecule has 0 aliphatic heterocycles. The summed E-state index contributed by atoms with van der Waals surface area (Å²) in [5.74, 6) is 0.206. The summed E-state index contributed by atoms with van der Waals surface area (Å²) in [6, 6.07) is 0. The van der Waals surface area contributed by atoms with Crippen LogP contribution < -0.4 is 10.2 Å². The Morgan fingerprint density at radius 1 is 1.29 bits per heavy atom. The van der Waals surface area contributed by atoms with Gasteiger partial charge in [-0.1, -0.05) is 27.7 Å². The van der Waals surface area contributed by atoms with Crippen LogP contribution in [0.2, 0.25) is 0 Å². The third kappa shape index (κ3) is 5.82. The lowest BCUT2D eigenvalue weighted by Crippen LogP contribution is -2.34. The number of halogens is 3. The Labute approximate surface area is 128 Å². The van der Waals surface area contributed by atoms with Crippen molar-refractivity contribution in [1.29, 1.82) is 0 Å². The standard InChI is InChI=1S/C14H24F3N3S/c1-5-7-20(9-14(15,16)17)13-19-12(10(3)4)11(21-13)8-18-6-2/h10,18H,5-9H2,1-4H3. The number of anilines is 1. The molecule has 0 amide bonds. The monoisotopic (exact) mass is 323 g/mol. The molecule has 0 radical (unpaired) electrons. The Morgan fingerprint density at radius 3 is 2.43 bits per heavy atom. The molecule has 0 aliphatic rings. The maximum atomic E-state index is 12.7. The first-order valence-corrected chi connectivity index (χ1v) is 8.12. The van der Waals surface area contributed by atoms with Crippen molar-refractivity contribution in [2.45, 2.75) is 52.8 Å². The zero-order valence-electron chi connectivity index (χ0n) is 13.0. The van der Waals surface area contributed by atoms with Crippen LogP contribution in [0, 0.1) is 0 Å². The number of rotatable bonds is 8. The summed E-state index contributed by atoms with van der Waals surface area (Å²) >= 11 is 1.37. The Bertz CT molecular complexity index is 430. The molecule has 1 aromatic heterocycles. The number of hydrogen-bond acceptors (Lipinski definition) is 4. The number of nitrogens with one attached hydrogen (secondary N) is 1. The van der Waals surface area contributed by atoms with Gasteiger partial charge in [-0.15, -0.1) is 11.3 Å². The molecule has 0 fully saturated rings. The Kier molecular flexibility index (Phi) is 6.93. The molecule has 1 heterocycles. The first kappa shape index (κ1) is 18.2. The van der Waals surface area contributed by atoms with Crippen LogP contribution in [0.5, 0.6) is 0 Å². The summed E-state index contributed by atoms with van der Waals surface area (Å²) in [5.41, 5.74) is 0.902. The van der Waals surface area contributed by atoms with E-state index in [2.05, 4.69) is 10.3 Å². The van der Waals surface area contributed by atoms with Crippen molar-refractivity contribution in [3.8, 4) is 0 Å². The summed E-state index contributed by atoms with van der Waals surface area (Å²) in [4.78, 5) is 6.84. The second kappa shape index (κ2) is 7.98. The average molecular weight is 323 g/mol. The highest BCUT2D eigenvalue weighted by Crippen LogP contribution is 2.32. The van der Waals surface area contributed by atoms with Crippen LogP contribution in [0.4, 0.5) is 18.3 Å². The number of thiazole rings is 1. The molecule has 1 rings (SSSR count). The van der Waals surface area contributed by atoms with Gasteiger partial charge in [0.25, 0.3) is 0 Å². The second-order valence-electron chi connectivity index (χ2n) is 5.28. The Balaban J connectivity index is 3.02. The molecule has 0 saturated carbocycles. The van der Waals surface area contributed by atoms with Crippen molar-refractivity contribution in [2.24, 2.45) is 0 Å². The lowest BCUT2D eigenvalue weighted by molar-refractivity contribution is -0.119. The van der Waals surface area contributed by atoms with Crippen LogP contribution in [-0.2, 0) is 6.54 Å². The molecule has 0 spiro atoms. The summed E-state index contributed by atoms with van der Waals surface area (Å²) < 4.78 is 38.1. The van der Waals surface area contributed by atoms with E-state index in [4.69, 9.17) is 0 Å². The molecule has 1 aromatic rings. The highest BCUT2D eigenvalue weighted by molar-refractivity contribution is 7.15. The van der Waals surface area contributed by atoms with Gasteiger partial charge in [-0.25, -0.2) is 4.98 Å². The van der Waals surface area contributed by atoms with Gasteiger partial charge in [0, 0.05) is 18.0 Å². The smallest absolute Gasteiger partial charge is 0.339 e. The van der Waals surface area contributed by atoms with Crippen molar-refractivity contribution in [3.05, 3.63) is 10.6 Å². The molecule has 0 aromatic carbocycles. The summed E-state index contributed by atoms with van der Waals surface area (Å²) in [5, 5.41) is 3.70. The third-order valence-corrected chi connectivity index (χ3v) is 4.06. The van der Waals surface area contributed by atoms with Crippen LogP contribution in [0.25, 0.3) is 0 Å². The predicted molar refractivity (Wildman–Crippen MR) is 82.1 cm³/mol. The van der Waals surface area contributed by atoms with E-state index in [-0.39, 0.29) is 5.92 Å². The van der Waals surface area contributed by atoms with Gasteiger partial charge in [0.1, 0.15) is 6.54 Å². The van der Waals surface area contributed by atoms with Gasteiger partial charge in [-0.2, -0.15) is 13.2 Å². The SMILES string of the molecule is CCCN(CC(F)(F)F)c1nc(C(C)C)c(CNCC)s1. The van der Waals surface area contributed by atoms with Crippen LogP contribution >= 0.6 is 11.3 Å². The molecule has 0 unspecified atom stereocenters. The van der Waals surface area contributed by atoms with E-state index in [1.807, 2.05) is 27.7 Å². The minimum Gasteiger partial charge on any atom is -0.339 e. The van der Waals surface area contributed by atoms with E-state index in [0.29, 0.717) is 24.6 Å². The zero-order chi connectivity index (χ0) is 16.0. The van der Waals surface area contributed by atoms with Crippen LogP contribution in [0.1, 0.15) is 50.6 Å². The summed E-state index contributed by atoms with van der Waals surface area (Å²) in [6.45, 7) is 8.83. The minimum atomic E-state index is -4.21. The van der Waals surface area contributed by atoms with Gasteiger partial charge >= 0.3 is 6.18 Å². The molecule has 0 aliphatic carbocycles. The van der Waals surface area contributed by atoms with Gasteiger partial charge < -0.3 is 10.2 Å². The molecular weight excluding hydrogens is 299 g/mol. The molecule has 3 nitrogen and oxygen atoms in total. The van der Waals surface area contributed by atoms with Gasteiger partial charge in [0.05, 0.1) is 5.69 Å². The number of hydrogen-bond donors (Lipinski definition) is 1. The highest BCUT2D eigenvalue weighted by Gasteiger charge is 2.32. The molecule has 0 bridgehead atoms. The van der Waals surface area contributed by atoms with E-state index in [0.717, 1.165) is 17.1 Å². The van der Waals surface area contributed by atoms with Crippen molar-refractivity contribution in [1.82, 2.24) is 10.3 Å². The minimum absolute atomic E-state index is 0.206. The second-order valence-corrected chi connectivity index (χ2v) is 6.34. The Hall–Kier alpha value is -0.820. The van der Waals surface area contributed by atoms with Gasteiger partial charge in [-0.3, -0.25) is 0 Å². The molecule has 7 heteroatoms. The van der Waals surface area contributed by atoms with Crippen LogP contribution in [-0.4, -0.2) is 30.8 Å². The normalized spacial score (nSPS) is 12.2. The molecule has 0 saturated heterocycles. The summed E-state index contributed by atoms with van der Waals surface area (Å²) in [6.07, 6.45) is -3.55. The van der Waals surface area contributed by atoms with E-state index in [1.165, 1.54) is 16.2 Å². The van der Waals surface area contributed by atoms with Crippen LogP contribution in [0.15, 0.2) is 0 Å². The predicted octanol–water partition coefficient (Wildman–Crippen LogP) is 4.15. The van der Waals surface area contributed by atoms with E-state index in [1.54, 1.807) is 0 Å². The maximum Gasteiger partial charge on any atom is 0.406 e. The number of alkyl halides is 3. The van der Waals surface area contributed by atoms with Gasteiger partial charge in [0.15, 0.2) is 5.13 Å². The molecule has 0 atom stereocenters. The van der Waals surface area contributed by atoms with Crippen molar-refractivity contribution in [3.63, 3.8) is 0 Å². The number of aromatic nitrogens is 1. The topological polar surface area (TPSA) is 28.2 Å². The lowest BCUT2D eigenvalue weighted by atomic mass is 10.1. The third-order valence-electron chi connectivity index (χ3n) is 2.93. The van der Waals surface area contributed by atoms with Gasteiger partial charge in [0.2, 0.25) is 0 Å². The fraction of sp³-hybridized carbons (Fsp3) is 0.786.